The Hall–Kier alpha value is -0.520. The van der Waals surface area contributed by atoms with Crippen molar-refractivity contribution in [3.05, 3.63) is 22.8 Å². The van der Waals surface area contributed by atoms with Crippen LogP contribution in [0.1, 0.15) is 13.3 Å². The molecule has 0 saturated carbocycles. The molecule has 0 radical (unpaired) electrons. The molecule has 1 atom stereocenters. The highest BCUT2D eigenvalue weighted by molar-refractivity contribution is 7.89. The first-order chi connectivity index (χ1) is 5.73. The Morgan fingerprint density at radius 1 is 1.54 bits per heavy atom. The van der Waals surface area contributed by atoms with Crippen LogP contribution >= 0.6 is 11.6 Å². The molecule has 0 fully saturated rings. The predicted octanol–water partition coefficient (Wildman–Crippen LogP) is 1.60. The summed E-state index contributed by atoms with van der Waals surface area (Å²) in [5, 5.41) is 9.23. The van der Waals surface area contributed by atoms with Gasteiger partial charge in [0, 0.05) is 6.42 Å². The number of alkyl halides is 1. The average molecular weight is 225 g/mol. The van der Waals surface area contributed by atoms with Gasteiger partial charge in [-0.2, -0.15) is 8.42 Å². The van der Waals surface area contributed by atoms with E-state index in [1.54, 1.807) is 0 Å². The molecule has 0 aliphatic heterocycles. The van der Waals surface area contributed by atoms with E-state index in [4.69, 9.17) is 16.2 Å². The fourth-order valence-electron chi connectivity index (χ4n) is 1.000. The third-order valence-electron chi connectivity index (χ3n) is 1.80. The van der Waals surface area contributed by atoms with Crippen molar-refractivity contribution < 1.29 is 18.1 Å². The summed E-state index contributed by atoms with van der Waals surface area (Å²) in [7, 11) is -4.20. The maximum atomic E-state index is 10.7. The molecular formula is C7H9ClO4S. The van der Waals surface area contributed by atoms with Gasteiger partial charge in [0.15, 0.2) is 0 Å². The molecule has 1 unspecified atom stereocenters. The Labute approximate surface area is 81.3 Å². The van der Waals surface area contributed by atoms with E-state index in [0.717, 1.165) is 6.08 Å². The normalized spacial score (nSPS) is 29.5. The number of allylic oxidation sites excluding steroid dienone is 4. The summed E-state index contributed by atoms with van der Waals surface area (Å²) >= 11 is 5.79. The maximum Gasteiger partial charge on any atom is 0.290 e. The van der Waals surface area contributed by atoms with E-state index in [1.807, 2.05) is 0 Å². The molecule has 1 rings (SSSR count). The first-order valence-corrected chi connectivity index (χ1v) is 5.32. The largest absolute Gasteiger partial charge is 0.510 e. The third kappa shape index (κ3) is 2.24. The summed E-state index contributed by atoms with van der Waals surface area (Å²) in [6.07, 6.45) is 2.18. The van der Waals surface area contributed by atoms with Crippen molar-refractivity contribution in [3.63, 3.8) is 0 Å². The van der Waals surface area contributed by atoms with Crippen molar-refractivity contribution in [1.29, 1.82) is 0 Å². The van der Waals surface area contributed by atoms with Crippen molar-refractivity contribution in [2.24, 2.45) is 0 Å². The minimum Gasteiger partial charge on any atom is -0.510 e. The third-order valence-corrected chi connectivity index (χ3v) is 3.07. The zero-order chi connectivity index (χ0) is 10.3. The standard InChI is InChI=1S/C7H9ClO4S/c1-7(8)4-5(13(10,11)12)2-3-6(7)9/h2-3,9H,4H2,1H3,(H,10,11,12). The molecule has 74 valence electrons. The van der Waals surface area contributed by atoms with Crippen LogP contribution in [0.15, 0.2) is 22.8 Å². The molecule has 1 aliphatic rings. The van der Waals surface area contributed by atoms with Gasteiger partial charge >= 0.3 is 0 Å². The summed E-state index contributed by atoms with van der Waals surface area (Å²) in [6, 6.07) is 0. The minimum atomic E-state index is -4.20. The molecule has 0 spiro atoms. The Kier molecular flexibility index (Phi) is 2.44. The summed E-state index contributed by atoms with van der Waals surface area (Å²) < 4.78 is 30.1. The number of hydrogen-bond donors (Lipinski definition) is 2. The van der Waals surface area contributed by atoms with Crippen molar-refractivity contribution >= 4 is 21.7 Å². The molecular weight excluding hydrogens is 216 g/mol. The molecule has 0 aromatic carbocycles. The Morgan fingerprint density at radius 2 is 2.08 bits per heavy atom. The molecule has 0 aromatic rings. The lowest BCUT2D eigenvalue weighted by molar-refractivity contribution is 0.351. The van der Waals surface area contributed by atoms with Gasteiger partial charge in [0.1, 0.15) is 10.6 Å². The van der Waals surface area contributed by atoms with Crippen LogP contribution in [0.4, 0.5) is 0 Å². The van der Waals surface area contributed by atoms with E-state index in [0.29, 0.717) is 0 Å². The van der Waals surface area contributed by atoms with Crippen molar-refractivity contribution in [1.82, 2.24) is 0 Å². The minimum absolute atomic E-state index is 0.110. The van der Waals surface area contributed by atoms with E-state index in [2.05, 4.69) is 0 Å². The van der Waals surface area contributed by atoms with Gasteiger partial charge < -0.3 is 5.11 Å². The molecule has 0 bridgehead atoms. The Bertz CT molecular complexity index is 377. The summed E-state index contributed by atoms with van der Waals surface area (Å²) in [6.45, 7) is 1.47. The second-order valence-electron chi connectivity index (χ2n) is 3.03. The first-order valence-electron chi connectivity index (χ1n) is 3.50. The van der Waals surface area contributed by atoms with Crippen LogP contribution in [0.5, 0.6) is 0 Å². The molecule has 4 nitrogen and oxygen atoms in total. The van der Waals surface area contributed by atoms with E-state index in [9.17, 15) is 13.5 Å². The molecule has 6 heteroatoms. The Balaban J connectivity index is 3.11. The highest BCUT2D eigenvalue weighted by Crippen LogP contribution is 2.35. The zero-order valence-corrected chi connectivity index (χ0v) is 8.43. The molecule has 1 aliphatic carbocycles. The van der Waals surface area contributed by atoms with E-state index >= 15 is 0 Å². The van der Waals surface area contributed by atoms with Crippen LogP contribution in [-0.4, -0.2) is 23.0 Å². The van der Waals surface area contributed by atoms with Gasteiger partial charge in [0.25, 0.3) is 10.1 Å². The van der Waals surface area contributed by atoms with Crippen LogP contribution in [0.2, 0.25) is 0 Å². The lowest BCUT2D eigenvalue weighted by Crippen LogP contribution is -2.25. The van der Waals surface area contributed by atoms with Crippen molar-refractivity contribution in [3.8, 4) is 0 Å². The molecule has 0 saturated heterocycles. The SMILES string of the molecule is CC1(Cl)CC(S(=O)(=O)O)=CC=C1O. The number of hydrogen-bond acceptors (Lipinski definition) is 3. The molecule has 2 N–H and O–H groups in total. The topological polar surface area (TPSA) is 74.6 Å². The number of aliphatic hydroxyl groups is 1. The van der Waals surface area contributed by atoms with Gasteiger partial charge in [-0.3, -0.25) is 4.55 Å². The molecule has 13 heavy (non-hydrogen) atoms. The fourth-order valence-corrected chi connectivity index (χ4v) is 2.00. The van der Waals surface area contributed by atoms with Gasteiger partial charge in [-0.25, -0.2) is 0 Å². The van der Waals surface area contributed by atoms with Crippen LogP contribution in [0, 0.1) is 0 Å². The lowest BCUT2D eigenvalue weighted by Gasteiger charge is -2.24. The summed E-state index contributed by atoms with van der Waals surface area (Å²) in [5.74, 6) is -0.110. The van der Waals surface area contributed by atoms with E-state index < -0.39 is 15.0 Å². The smallest absolute Gasteiger partial charge is 0.290 e. The second kappa shape index (κ2) is 3.01. The van der Waals surface area contributed by atoms with Gasteiger partial charge in [0.05, 0.1) is 4.91 Å². The second-order valence-corrected chi connectivity index (χ2v) is 5.34. The van der Waals surface area contributed by atoms with Crippen LogP contribution in [0.25, 0.3) is 0 Å². The van der Waals surface area contributed by atoms with Crippen LogP contribution < -0.4 is 0 Å². The van der Waals surface area contributed by atoms with Gasteiger partial charge in [-0.15, -0.1) is 11.6 Å². The lowest BCUT2D eigenvalue weighted by atomic mass is 10.00. The Morgan fingerprint density at radius 3 is 2.46 bits per heavy atom. The number of aliphatic hydroxyl groups excluding tert-OH is 1. The quantitative estimate of drug-likeness (QED) is 0.524. The van der Waals surface area contributed by atoms with Crippen molar-refractivity contribution in [2.75, 3.05) is 0 Å². The van der Waals surface area contributed by atoms with E-state index in [1.165, 1.54) is 13.0 Å². The van der Waals surface area contributed by atoms with Crippen LogP contribution in [-0.2, 0) is 10.1 Å². The molecule has 0 amide bonds. The van der Waals surface area contributed by atoms with E-state index in [-0.39, 0.29) is 17.1 Å². The van der Waals surface area contributed by atoms with Crippen LogP contribution in [0.3, 0.4) is 0 Å². The van der Waals surface area contributed by atoms with Gasteiger partial charge in [-0.05, 0) is 19.1 Å². The number of halogens is 1. The molecule has 0 aromatic heterocycles. The van der Waals surface area contributed by atoms with Gasteiger partial charge in [-0.1, -0.05) is 0 Å². The molecule has 0 heterocycles. The highest BCUT2D eigenvalue weighted by Gasteiger charge is 2.33. The maximum absolute atomic E-state index is 10.7. The average Bonchev–Trinajstić information content (AvgIpc) is 1.92. The summed E-state index contributed by atoms with van der Waals surface area (Å²) in [4.78, 5) is -1.34. The van der Waals surface area contributed by atoms with Gasteiger partial charge in [0.2, 0.25) is 0 Å². The predicted molar refractivity (Wildman–Crippen MR) is 49.2 cm³/mol. The highest BCUT2D eigenvalue weighted by atomic mass is 35.5. The number of rotatable bonds is 1. The fraction of sp³-hybridized carbons (Fsp3) is 0.429. The van der Waals surface area contributed by atoms with Crippen molar-refractivity contribution in [2.45, 2.75) is 18.2 Å². The zero-order valence-electron chi connectivity index (χ0n) is 6.86. The first kappa shape index (κ1) is 10.6. The summed E-state index contributed by atoms with van der Waals surface area (Å²) in [5.41, 5.74) is 0. The monoisotopic (exact) mass is 224 g/mol.